The minimum absolute atomic E-state index is 0.00502. The molecule has 1 unspecified atom stereocenters. The van der Waals surface area contributed by atoms with E-state index in [1.807, 2.05) is 35.2 Å². The van der Waals surface area contributed by atoms with Gasteiger partial charge in [0.2, 0.25) is 0 Å². The number of carbonyl (C=O) groups excluding carboxylic acids is 1. The fraction of sp³-hybridized carbons (Fsp3) is 0.562. The van der Waals surface area contributed by atoms with Gasteiger partial charge in [-0.15, -0.1) is 0 Å². The molecule has 110 valence electrons. The van der Waals surface area contributed by atoms with Crippen LogP contribution >= 0.6 is 0 Å². The molecule has 0 spiro atoms. The van der Waals surface area contributed by atoms with Crippen molar-refractivity contribution in [1.82, 2.24) is 10.2 Å². The van der Waals surface area contributed by atoms with Crippen molar-refractivity contribution < 1.29 is 4.79 Å². The number of nitrogens with one attached hydrogen (secondary N) is 2. The number of para-hydroxylation sites is 1. The zero-order valence-electron chi connectivity index (χ0n) is 12.3. The van der Waals surface area contributed by atoms with Gasteiger partial charge in [0.1, 0.15) is 0 Å². The van der Waals surface area contributed by atoms with Crippen molar-refractivity contribution in [3.8, 4) is 0 Å². The lowest BCUT2D eigenvalue weighted by Gasteiger charge is -2.30. The number of amides is 2. The first-order chi connectivity index (χ1) is 9.79. The van der Waals surface area contributed by atoms with Crippen molar-refractivity contribution in [3.63, 3.8) is 0 Å². The quantitative estimate of drug-likeness (QED) is 0.867. The van der Waals surface area contributed by atoms with Gasteiger partial charge in [-0.05, 0) is 37.9 Å². The number of urea groups is 1. The molecule has 20 heavy (non-hydrogen) atoms. The molecule has 0 radical (unpaired) electrons. The molecule has 2 N–H and O–H groups in total. The standard InChI is InChI=1S/C16H25N3O/c1-2-12-19(13-15-10-6-7-11-17-15)16(20)18-14-8-4-3-5-9-14/h3-5,8-9,15,17H,2,6-7,10-13H2,1H3,(H,18,20). The average Bonchev–Trinajstić information content (AvgIpc) is 2.49. The zero-order valence-corrected chi connectivity index (χ0v) is 12.3. The maximum Gasteiger partial charge on any atom is 0.321 e. The summed E-state index contributed by atoms with van der Waals surface area (Å²) in [5.74, 6) is 0. The Labute approximate surface area is 121 Å². The van der Waals surface area contributed by atoms with Crippen LogP contribution in [0.5, 0.6) is 0 Å². The van der Waals surface area contributed by atoms with E-state index in [-0.39, 0.29) is 6.03 Å². The second-order valence-corrected chi connectivity index (χ2v) is 5.39. The summed E-state index contributed by atoms with van der Waals surface area (Å²) in [5.41, 5.74) is 0.857. The van der Waals surface area contributed by atoms with Gasteiger partial charge < -0.3 is 15.5 Å². The highest BCUT2D eigenvalue weighted by atomic mass is 16.2. The molecule has 0 aliphatic carbocycles. The number of benzene rings is 1. The van der Waals surface area contributed by atoms with Crippen LogP contribution in [0.1, 0.15) is 32.6 Å². The van der Waals surface area contributed by atoms with Gasteiger partial charge in [0.15, 0.2) is 0 Å². The van der Waals surface area contributed by atoms with Crippen molar-refractivity contribution in [1.29, 1.82) is 0 Å². The van der Waals surface area contributed by atoms with Crippen molar-refractivity contribution in [2.45, 2.75) is 38.6 Å². The maximum absolute atomic E-state index is 12.4. The van der Waals surface area contributed by atoms with Crippen molar-refractivity contribution in [2.75, 3.05) is 25.0 Å². The zero-order chi connectivity index (χ0) is 14.2. The minimum atomic E-state index is 0.00502. The number of hydrogen-bond donors (Lipinski definition) is 2. The lowest BCUT2D eigenvalue weighted by Crippen LogP contribution is -2.47. The molecule has 1 aliphatic heterocycles. The molecule has 1 aromatic rings. The normalized spacial score (nSPS) is 18.6. The summed E-state index contributed by atoms with van der Waals surface area (Å²) in [6.07, 6.45) is 4.66. The van der Waals surface area contributed by atoms with Gasteiger partial charge in [0.25, 0.3) is 0 Å². The SMILES string of the molecule is CCCN(CC1CCCCN1)C(=O)Nc1ccccc1. The summed E-state index contributed by atoms with van der Waals surface area (Å²) in [5, 5.41) is 6.48. The van der Waals surface area contributed by atoms with Gasteiger partial charge in [-0.2, -0.15) is 0 Å². The number of hydrogen-bond acceptors (Lipinski definition) is 2. The van der Waals surface area contributed by atoms with E-state index in [0.717, 1.165) is 31.7 Å². The molecule has 1 fully saturated rings. The van der Waals surface area contributed by atoms with Crippen molar-refractivity contribution >= 4 is 11.7 Å². The van der Waals surface area contributed by atoms with Gasteiger partial charge in [-0.3, -0.25) is 0 Å². The Kier molecular flexibility index (Phi) is 5.87. The third kappa shape index (κ3) is 4.53. The minimum Gasteiger partial charge on any atom is -0.323 e. The van der Waals surface area contributed by atoms with Gasteiger partial charge >= 0.3 is 6.03 Å². The Morgan fingerprint density at radius 3 is 2.80 bits per heavy atom. The van der Waals surface area contributed by atoms with Crippen LogP contribution in [-0.4, -0.2) is 36.6 Å². The summed E-state index contributed by atoms with van der Waals surface area (Å²) in [4.78, 5) is 14.3. The molecule has 2 rings (SSSR count). The third-order valence-electron chi connectivity index (χ3n) is 3.66. The Morgan fingerprint density at radius 1 is 1.35 bits per heavy atom. The van der Waals surface area contributed by atoms with Gasteiger partial charge in [0, 0.05) is 24.8 Å². The Balaban J connectivity index is 1.90. The summed E-state index contributed by atoms with van der Waals surface area (Å²) in [6, 6.07) is 10.1. The van der Waals surface area contributed by atoms with Crippen LogP contribution < -0.4 is 10.6 Å². The highest BCUT2D eigenvalue weighted by Crippen LogP contribution is 2.11. The molecule has 1 aliphatic rings. The van der Waals surface area contributed by atoms with Gasteiger partial charge in [0.05, 0.1) is 0 Å². The molecular weight excluding hydrogens is 250 g/mol. The average molecular weight is 275 g/mol. The first kappa shape index (κ1) is 14.9. The van der Waals surface area contributed by atoms with E-state index in [1.54, 1.807) is 0 Å². The van der Waals surface area contributed by atoms with Crippen LogP contribution in [0.15, 0.2) is 30.3 Å². The van der Waals surface area contributed by atoms with Crippen LogP contribution in [-0.2, 0) is 0 Å². The first-order valence-corrected chi connectivity index (χ1v) is 7.64. The monoisotopic (exact) mass is 275 g/mol. The molecule has 1 heterocycles. The molecule has 4 nitrogen and oxygen atoms in total. The van der Waals surface area contributed by atoms with Crippen LogP contribution in [0.4, 0.5) is 10.5 Å². The summed E-state index contributed by atoms with van der Waals surface area (Å²) in [7, 11) is 0. The summed E-state index contributed by atoms with van der Waals surface area (Å²) in [6.45, 7) is 4.78. The van der Waals surface area contributed by atoms with Crippen LogP contribution in [0.3, 0.4) is 0 Å². The van der Waals surface area contributed by atoms with E-state index in [4.69, 9.17) is 0 Å². The van der Waals surface area contributed by atoms with E-state index >= 15 is 0 Å². The van der Waals surface area contributed by atoms with Crippen molar-refractivity contribution in [2.24, 2.45) is 0 Å². The second kappa shape index (κ2) is 7.90. The Morgan fingerprint density at radius 2 is 2.15 bits per heavy atom. The molecule has 2 amide bonds. The van der Waals surface area contributed by atoms with E-state index in [2.05, 4.69) is 17.6 Å². The largest absolute Gasteiger partial charge is 0.323 e. The Hall–Kier alpha value is -1.55. The lowest BCUT2D eigenvalue weighted by molar-refractivity contribution is 0.199. The third-order valence-corrected chi connectivity index (χ3v) is 3.66. The molecule has 1 saturated heterocycles. The molecular formula is C16H25N3O. The number of rotatable bonds is 5. The van der Waals surface area contributed by atoms with E-state index < -0.39 is 0 Å². The van der Waals surface area contributed by atoms with Gasteiger partial charge in [-0.1, -0.05) is 31.5 Å². The first-order valence-electron chi connectivity index (χ1n) is 7.64. The van der Waals surface area contributed by atoms with E-state index in [1.165, 1.54) is 19.3 Å². The number of anilines is 1. The van der Waals surface area contributed by atoms with Crippen molar-refractivity contribution in [3.05, 3.63) is 30.3 Å². The smallest absolute Gasteiger partial charge is 0.321 e. The highest BCUT2D eigenvalue weighted by molar-refractivity contribution is 5.89. The molecule has 0 aromatic heterocycles. The Bertz CT molecular complexity index is 401. The number of piperidine rings is 1. The summed E-state index contributed by atoms with van der Waals surface area (Å²) < 4.78 is 0. The summed E-state index contributed by atoms with van der Waals surface area (Å²) >= 11 is 0. The fourth-order valence-corrected chi connectivity index (χ4v) is 2.62. The van der Waals surface area contributed by atoms with E-state index in [9.17, 15) is 4.79 Å². The van der Waals surface area contributed by atoms with Crippen LogP contribution in [0.25, 0.3) is 0 Å². The predicted octanol–water partition coefficient (Wildman–Crippen LogP) is 3.07. The topological polar surface area (TPSA) is 44.4 Å². The predicted molar refractivity (Wildman–Crippen MR) is 83.0 cm³/mol. The van der Waals surface area contributed by atoms with Crippen LogP contribution in [0, 0.1) is 0 Å². The molecule has 0 bridgehead atoms. The maximum atomic E-state index is 12.4. The lowest BCUT2D eigenvalue weighted by atomic mass is 10.0. The van der Waals surface area contributed by atoms with Gasteiger partial charge in [-0.25, -0.2) is 4.79 Å². The number of carbonyl (C=O) groups is 1. The molecule has 0 saturated carbocycles. The highest BCUT2D eigenvalue weighted by Gasteiger charge is 2.19. The fourth-order valence-electron chi connectivity index (χ4n) is 2.62. The van der Waals surface area contributed by atoms with E-state index in [0.29, 0.717) is 6.04 Å². The molecule has 1 aromatic carbocycles. The molecule has 4 heteroatoms. The second-order valence-electron chi connectivity index (χ2n) is 5.39. The molecule has 1 atom stereocenters. The van der Waals surface area contributed by atoms with Crippen LogP contribution in [0.2, 0.25) is 0 Å². The number of nitrogens with zero attached hydrogens (tertiary/aromatic N) is 1.